The van der Waals surface area contributed by atoms with Crippen molar-refractivity contribution in [2.24, 2.45) is 5.92 Å². The van der Waals surface area contributed by atoms with Crippen LogP contribution in [0.15, 0.2) is 22.7 Å². The fraction of sp³-hybridized carbons (Fsp3) is 0.500. The molecule has 0 amide bonds. The molecule has 2 nitrogen and oxygen atoms in total. The van der Waals surface area contributed by atoms with Crippen LogP contribution >= 0.6 is 15.9 Å². The minimum atomic E-state index is -0.211. The van der Waals surface area contributed by atoms with Gasteiger partial charge in [0.25, 0.3) is 0 Å². The van der Waals surface area contributed by atoms with E-state index in [0.29, 0.717) is 5.92 Å². The van der Waals surface area contributed by atoms with E-state index in [0.717, 1.165) is 29.6 Å². The Kier molecular flexibility index (Phi) is 3.95. The van der Waals surface area contributed by atoms with Crippen LogP contribution in [0.3, 0.4) is 0 Å². The molecule has 0 saturated carbocycles. The van der Waals surface area contributed by atoms with Gasteiger partial charge in [-0.3, -0.25) is 0 Å². The first-order chi connectivity index (χ1) is 7.72. The summed E-state index contributed by atoms with van der Waals surface area (Å²) >= 11 is 3.45. The molecule has 0 bridgehead atoms. The first-order valence-corrected chi connectivity index (χ1v) is 6.23. The third-order valence-corrected chi connectivity index (χ3v) is 3.67. The van der Waals surface area contributed by atoms with Crippen LogP contribution in [0, 0.1) is 11.7 Å². The molecule has 1 saturated heterocycles. The number of rotatable bonds is 3. The van der Waals surface area contributed by atoms with Gasteiger partial charge in [-0.1, -0.05) is 15.9 Å². The number of benzene rings is 1. The summed E-state index contributed by atoms with van der Waals surface area (Å²) in [4.78, 5) is 0. The second kappa shape index (κ2) is 5.25. The topological polar surface area (TPSA) is 21.3 Å². The van der Waals surface area contributed by atoms with Crippen LogP contribution in [0.2, 0.25) is 0 Å². The second-order valence-corrected chi connectivity index (χ2v) is 4.92. The molecule has 2 unspecified atom stereocenters. The Bertz CT molecular complexity index is 372. The van der Waals surface area contributed by atoms with Crippen LogP contribution in [-0.4, -0.2) is 20.2 Å². The zero-order chi connectivity index (χ0) is 11.5. The summed E-state index contributed by atoms with van der Waals surface area (Å²) in [5, 5.41) is 3.15. The highest BCUT2D eigenvalue weighted by molar-refractivity contribution is 9.10. The summed E-state index contributed by atoms with van der Waals surface area (Å²) in [5.41, 5.74) is 0.915. The van der Waals surface area contributed by atoms with Crippen molar-refractivity contribution in [2.45, 2.75) is 12.5 Å². The Morgan fingerprint density at radius 3 is 3.12 bits per heavy atom. The fourth-order valence-corrected chi connectivity index (χ4v) is 2.65. The van der Waals surface area contributed by atoms with Crippen molar-refractivity contribution in [3.05, 3.63) is 34.1 Å². The molecule has 0 aliphatic carbocycles. The summed E-state index contributed by atoms with van der Waals surface area (Å²) in [6.07, 6.45) is 1.02. The van der Waals surface area contributed by atoms with Gasteiger partial charge < -0.3 is 10.1 Å². The van der Waals surface area contributed by atoms with Gasteiger partial charge >= 0.3 is 0 Å². The van der Waals surface area contributed by atoms with Crippen LogP contribution in [0.1, 0.15) is 18.1 Å². The SMILES string of the molecule is CNCC1CCOC1c1cc(F)ccc1Br. The predicted octanol–water partition coefficient (Wildman–Crippen LogP) is 2.89. The minimum absolute atomic E-state index is 0.00229. The second-order valence-electron chi connectivity index (χ2n) is 4.06. The van der Waals surface area contributed by atoms with Gasteiger partial charge in [0.05, 0.1) is 6.10 Å². The number of halogens is 2. The molecule has 2 atom stereocenters. The van der Waals surface area contributed by atoms with Crippen molar-refractivity contribution in [2.75, 3.05) is 20.2 Å². The maximum Gasteiger partial charge on any atom is 0.123 e. The molecule has 16 heavy (non-hydrogen) atoms. The molecule has 0 spiro atoms. The fourth-order valence-electron chi connectivity index (χ4n) is 2.18. The van der Waals surface area contributed by atoms with E-state index in [4.69, 9.17) is 4.74 Å². The summed E-state index contributed by atoms with van der Waals surface area (Å²) in [5.74, 6) is 0.208. The number of nitrogens with one attached hydrogen (secondary N) is 1. The molecule has 1 aromatic rings. The Balaban J connectivity index is 2.25. The van der Waals surface area contributed by atoms with E-state index in [1.54, 1.807) is 12.1 Å². The van der Waals surface area contributed by atoms with Crippen molar-refractivity contribution in [1.29, 1.82) is 0 Å². The lowest BCUT2D eigenvalue weighted by molar-refractivity contribution is 0.0901. The average Bonchev–Trinajstić information content (AvgIpc) is 2.70. The van der Waals surface area contributed by atoms with Crippen molar-refractivity contribution >= 4 is 15.9 Å². The number of hydrogen-bond acceptors (Lipinski definition) is 2. The number of hydrogen-bond donors (Lipinski definition) is 1. The minimum Gasteiger partial charge on any atom is -0.373 e. The monoisotopic (exact) mass is 287 g/mol. The van der Waals surface area contributed by atoms with Gasteiger partial charge in [0.1, 0.15) is 5.82 Å². The van der Waals surface area contributed by atoms with Crippen LogP contribution in [0.5, 0.6) is 0 Å². The van der Waals surface area contributed by atoms with Gasteiger partial charge in [0, 0.05) is 23.5 Å². The van der Waals surface area contributed by atoms with Gasteiger partial charge in [0.15, 0.2) is 0 Å². The Labute approximate surface area is 103 Å². The molecule has 88 valence electrons. The molecule has 1 aromatic carbocycles. The quantitative estimate of drug-likeness (QED) is 0.923. The van der Waals surface area contributed by atoms with Crippen molar-refractivity contribution in [3.8, 4) is 0 Å². The third-order valence-electron chi connectivity index (χ3n) is 2.95. The molecule has 1 aliphatic heterocycles. The van der Waals surface area contributed by atoms with Crippen molar-refractivity contribution in [1.82, 2.24) is 5.32 Å². The van der Waals surface area contributed by atoms with E-state index in [-0.39, 0.29) is 11.9 Å². The zero-order valence-electron chi connectivity index (χ0n) is 9.17. The third kappa shape index (κ3) is 2.44. The van der Waals surface area contributed by atoms with E-state index in [1.807, 2.05) is 7.05 Å². The molecular weight excluding hydrogens is 273 g/mol. The van der Waals surface area contributed by atoms with E-state index >= 15 is 0 Å². The Morgan fingerprint density at radius 1 is 1.56 bits per heavy atom. The smallest absolute Gasteiger partial charge is 0.123 e. The van der Waals surface area contributed by atoms with Crippen molar-refractivity contribution < 1.29 is 9.13 Å². The van der Waals surface area contributed by atoms with E-state index in [9.17, 15) is 4.39 Å². The van der Waals surface area contributed by atoms with Gasteiger partial charge in [0.2, 0.25) is 0 Å². The first-order valence-electron chi connectivity index (χ1n) is 5.43. The highest BCUT2D eigenvalue weighted by Gasteiger charge is 2.30. The normalized spacial score (nSPS) is 24.9. The molecule has 0 radical (unpaired) electrons. The largest absolute Gasteiger partial charge is 0.373 e. The van der Waals surface area contributed by atoms with Crippen LogP contribution in [0.25, 0.3) is 0 Å². The maximum atomic E-state index is 13.2. The molecule has 4 heteroatoms. The summed E-state index contributed by atoms with van der Waals surface area (Å²) < 4.78 is 19.8. The van der Waals surface area contributed by atoms with E-state index in [2.05, 4.69) is 21.2 Å². The first kappa shape index (κ1) is 12.0. The van der Waals surface area contributed by atoms with Gasteiger partial charge in [-0.2, -0.15) is 0 Å². The Hall–Kier alpha value is -0.450. The molecule has 1 aliphatic rings. The maximum absolute atomic E-state index is 13.2. The van der Waals surface area contributed by atoms with Crippen LogP contribution < -0.4 is 5.32 Å². The lowest BCUT2D eigenvalue weighted by atomic mass is 9.95. The van der Waals surface area contributed by atoms with Gasteiger partial charge in [-0.15, -0.1) is 0 Å². The van der Waals surface area contributed by atoms with Crippen molar-refractivity contribution in [3.63, 3.8) is 0 Å². The van der Waals surface area contributed by atoms with Gasteiger partial charge in [-0.05, 0) is 37.2 Å². The average molecular weight is 288 g/mol. The summed E-state index contributed by atoms with van der Waals surface area (Å²) in [6.45, 7) is 1.65. The van der Waals surface area contributed by atoms with Crippen LogP contribution in [-0.2, 0) is 4.74 Å². The molecule has 1 N–H and O–H groups in total. The highest BCUT2D eigenvalue weighted by Crippen LogP contribution is 2.37. The van der Waals surface area contributed by atoms with E-state index < -0.39 is 0 Å². The summed E-state index contributed by atoms with van der Waals surface area (Å²) in [6, 6.07) is 4.75. The summed E-state index contributed by atoms with van der Waals surface area (Å²) in [7, 11) is 1.93. The lowest BCUT2D eigenvalue weighted by Crippen LogP contribution is -2.21. The molecule has 1 heterocycles. The molecule has 1 fully saturated rings. The highest BCUT2D eigenvalue weighted by atomic mass is 79.9. The molecule has 2 rings (SSSR count). The molecular formula is C12H15BrFNO. The standard InChI is InChI=1S/C12H15BrFNO/c1-15-7-8-4-5-16-12(8)10-6-9(14)2-3-11(10)13/h2-3,6,8,12,15H,4-5,7H2,1H3. The van der Waals surface area contributed by atoms with Gasteiger partial charge in [-0.25, -0.2) is 4.39 Å². The number of ether oxygens (including phenoxy) is 1. The lowest BCUT2D eigenvalue weighted by Gasteiger charge is -2.19. The van der Waals surface area contributed by atoms with Crippen LogP contribution in [0.4, 0.5) is 4.39 Å². The Morgan fingerprint density at radius 2 is 2.38 bits per heavy atom. The molecule has 0 aromatic heterocycles. The predicted molar refractivity (Wildman–Crippen MR) is 64.8 cm³/mol. The van der Waals surface area contributed by atoms with E-state index in [1.165, 1.54) is 6.07 Å². The zero-order valence-corrected chi connectivity index (χ0v) is 10.8.